The van der Waals surface area contributed by atoms with Gasteiger partial charge >= 0.3 is 13.8 Å². The van der Waals surface area contributed by atoms with Crippen molar-refractivity contribution < 1.29 is 27.7 Å². The number of rotatable bonds is 9. The number of benzene rings is 1. The van der Waals surface area contributed by atoms with Gasteiger partial charge in [0.2, 0.25) is 0 Å². The van der Waals surface area contributed by atoms with Crippen molar-refractivity contribution in [3.05, 3.63) is 28.8 Å². The molecule has 0 aliphatic heterocycles. The minimum atomic E-state index is -4.02. The van der Waals surface area contributed by atoms with Gasteiger partial charge in [0.1, 0.15) is 11.4 Å². The third-order valence-corrected chi connectivity index (χ3v) is 6.62. The summed E-state index contributed by atoms with van der Waals surface area (Å²) in [6, 6.07) is 3.75. The summed E-state index contributed by atoms with van der Waals surface area (Å²) in [5.74, 6) is 0.0762. The Morgan fingerprint density at radius 2 is 1.35 bits per heavy atom. The number of hydrogen-bond acceptors (Lipinski definition) is 6. The SMILES string of the molecule is CCCC(C)(C)c1c(C)cc(CC(=O)OC(C)(C)C)cc1OP(=O)(OC(C)(C)C)OC(C)(C)C. The highest BCUT2D eigenvalue weighted by atomic mass is 31.2. The summed E-state index contributed by atoms with van der Waals surface area (Å²) in [6.07, 6.45) is 1.95. The predicted octanol–water partition coefficient (Wildman–Crippen LogP) is 8.07. The number of esters is 1. The van der Waals surface area contributed by atoms with Crippen LogP contribution in [0.15, 0.2) is 12.1 Å². The van der Waals surface area contributed by atoms with Gasteiger partial charge in [0.25, 0.3) is 0 Å². The standard InChI is InChI=1S/C27H47O6P/c1-14-15-27(12,13)23-19(2)16-20(18-22(28)30-24(3,4)5)17-21(23)31-34(29,32-25(6,7)8)33-26(9,10)11/h16-17H,14-15,18H2,1-13H3. The summed E-state index contributed by atoms with van der Waals surface area (Å²) in [4.78, 5) is 12.5. The number of carbonyl (C=O) groups excluding carboxylic acids is 1. The van der Waals surface area contributed by atoms with Gasteiger partial charge in [-0.1, -0.05) is 33.3 Å². The van der Waals surface area contributed by atoms with E-state index in [-0.39, 0.29) is 17.8 Å². The van der Waals surface area contributed by atoms with Gasteiger partial charge in [-0.2, -0.15) is 0 Å². The molecule has 0 heterocycles. The topological polar surface area (TPSA) is 71.1 Å². The third-order valence-electron chi connectivity index (χ3n) is 4.66. The van der Waals surface area contributed by atoms with Gasteiger partial charge in [-0.3, -0.25) is 13.8 Å². The van der Waals surface area contributed by atoms with E-state index in [0.717, 1.165) is 29.5 Å². The van der Waals surface area contributed by atoms with E-state index in [2.05, 4.69) is 20.8 Å². The van der Waals surface area contributed by atoms with Crippen molar-refractivity contribution in [3.8, 4) is 5.75 Å². The van der Waals surface area contributed by atoms with E-state index < -0.39 is 24.6 Å². The first-order chi connectivity index (χ1) is 15.1. The fourth-order valence-corrected chi connectivity index (χ4v) is 5.85. The fraction of sp³-hybridized carbons (Fsp3) is 0.741. The number of aryl methyl sites for hydroxylation is 1. The number of hydrogen-bond donors (Lipinski definition) is 0. The highest BCUT2D eigenvalue weighted by Crippen LogP contribution is 2.57. The van der Waals surface area contributed by atoms with Crippen LogP contribution in [-0.4, -0.2) is 22.8 Å². The van der Waals surface area contributed by atoms with Crippen molar-refractivity contribution in [2.24, 2.45) is 0 Å². The minimum absolute atomic E-state index is 0.0769. The van der Waals surface area contributed by atoms with Crippen LogP contribution in [0.2, 0.25) is 0 Å². The first-order valence-corrected chi connectivity index (χ1v) is 13.6. The van der Waals surface area contributed by atoms with E-state index in [1.165, 1.54) is 0 Å². The zero-order valence-corrected chi connectivity index (χ0v) is 24.6. The van der Waals surface area contributed by atoms with Crippen molar-refractivity contribution in [1.82, 2.24) is 0 Å². The van der Waals surface area contributed by atoms with Crippen molar-refractivity contribution in [2.75, 3.05) is 0 Å². The number of phosphoric acid groups is 1. The highest BCUT2D eigenvalue weighted by Gasteiger charge is 2.40. The molecule has 34 heavy (non-hydrogen) atoms. The summed E-state index contributed by atoms with van der Waals surface area (Å²) in [7, 11) is -4.02. The van der Waals surface area contributed by atoms with Gasteiger partial charge in [-0.05, 0) is 98.3 Å². The maximum atomic E-state index is 13.9. The maximum Gasteiger partial charge on any atom is 0.531 e. The van der Waals surface area contributed by atoms with Gasteiger partial charge in [0, 0.05) is 5.56 Å². The lowest BCUT2D eigenvalue weighted by molar-refractivity contribution is -0.153. The van der Waals surface area contributed by atoms with Crippen LogP contribution in [0, 0.1) is 6.92 Å². The lowest BCUT2D eigenvalue weighted by Gasteiger charge is -2.34. The molecule has 0 unspecified atom stereocenters. The number of ether oxygens (including phenoxy) is 1. The van der Waals surface area contributed by atoms with Gasteiger partial charge in [0.05, 0.1) is 17.6 Å². The first kappa shape index (κ1) is 30.7. The molecule has 0 saturated carbocycles. The van der Waals surface area contributed by atoms with Crippen LogP contribution >= 0.6 is 7.82 Å². The van der Waals surface area contributed by atoms with Crippen LogP contribution in [0.3, 0.4) is 0 Å². The second-order valence-corrected chi connectivity index (χ2v) is 14.1. The Morgan fingerprint density at radius 3 is 1.76 bits per heavy atom. The van der Waals surface area contributed by atoms with Gasteiger partial charge in [0.15, 0.2) is 0 Å². The monoisotopic (exact) mass is 498 g/mol. The van der Waals surface area contributed by atoms with E-state index in [9.17, 15) is 9.36 Å². The maximum absolute atomic E-state index is 13.9. The van der Waals surface area contributed by atoms with E-state index >= 15 is 0 Å². The van der Waals surface area contributed by atoms with Crippen LogP contribution in [0.5, 0.6) is 5.75 Å². The van der Waals surface area contributed by atoms with Gasteiger partial charge < -0.3 is 9.26 Å². The average molecular weight is 499 g/mol. The summed E-state index contributed by atoms with van der Waals surface area (Å²) < 4.78 is 37.4. The molecule has 7 heteroatoms. The molecule has 0 aliphatic carbocycles. The molecule has 0 aromatic heterocycles. The van der Waals surface area contributed by atoms with E-state index in [0.29, 0.717) is 5.75 Å². The summed E-state index contributed by atoms with van der Waals surface area (Å²) >= 11 is 0. The molecule has 6 nitrogen and oxygen atoms in total. The van der Waals surface area contributed by atoms with Crippen molar-refractivity contribution in [3.63, 3.8) is 0 Å². The van der Waals surface area contributed by atoms with E-state index in [4.69, 9.17) is 18.3 Å². The molecule has 1 aromatic carbocycles. The van der Waals surface area contributed by atoms with Gasteiger partial charge in [-0.25, -0.2) is 4.57 Å². The Bertz CT molecular complexity index is 877. The first-order valence-electron chi connectivity index (χ1n) is 12.1. The molecule has 0 spiro atoms. The molecule has 0 aliphatic rings. The largest absolute Gasteiger partial charge is 0.531 e. The van der Waals surface area contributed by atoms with E-state index in [1.54, 1.807) is 47.6 Å². The smallest absolute Gasteiger partial charge is 0.460 e. The second kappa shape index (κ2) is 10.7. The number of phosphoric ester groups is 1. The molecule has 0 N–H and O–H groups in total. The molecular weight excluding hydrogens is 451 g/mol. The minimum Gasteiger partial charge on any atom is -0.460 e. The predicted molar refractivity (Wildman–Crippen MR) is 139 cm³/mol. The zero-order valence-electron chi connectivity index (χ0n) is 23.7. The fourth-order valence-electron chi connectivity index (χ4n) is 4.01. The lowest BCUT2D eigenvalue weighted by atomic mass is 9.77. The Hall–Kier alpha value is -1.36. The molecule has 0 radical (unpaired) electrons. The molecule has 0 fully saturated rings. The van der Waals surface area contributed by atoms with Crippen molar-refractivity contribution in [2.45, 2.75) is 131 Å². The molecule has 1 rings (SSSR count). The Kier molecular flexibility index (Phi) is 9.67. The normalized spacial score (nSPS) is 13.7. The molecule has 0 atom stereocenters. The van der Waals surface area contributed by atoms with Crippen LogP contribution in [0.4, 0.5) is 0 Å². The van der Waals surface area contributed by atoms with Crippen molar-refractivity contribution >= 4 is 13.8 Å². The summed E-state index contributed by atoms with van der Waals surface area (Å²) in [6.45, 7) is 24.7. The van der Waals surface area contributed by atoms with E-state index in [1.807, 2.05) is 33.8 Å². The molecule has 196 valence electrons. The second-order valence-electron chi connectivity index (χ2n) is 12.6. The summed E-state index contributed by atoms with van der Waals surface area (Å²) in [5, 5.41) is 0. The molecule has 0 amide bonds. The van der Waals surface area contributed by atoms with Crippen molar-refractivity contribution in [1.29, 1.82) is 0 Å². The molecule has 0 bridgehead atoms. The Balaban J connectivity index is 3.63. The molecule has 0 saturated heterocycles. The Labute approximate surface area is 207 Å². The van der Waals surface area contributed by atoms with Crippen LogP contribution in [-0.2, 0) is 35.0 Å². The average Bonchev–Trinajstić information content (AvgIpc) is 2.46. The zero-order chi connectivity index (χ0) is 26.8. The quantitative estimate of drug-likeness (QED) is 0.253. The van der Waals surface area contributed by atoms with Crippen LogP contribution < -0.4 is 4.52 Å². The highest BCUT2D eigenvalue weighted by molar-refractivity contribution is 7.49. The van der Waals surface area contributed by atoms with Crippen LogP contribution in [0.25, 0.3) is 0 Å². The molecule has 1 aromatic rings. The number of carbonyl (C=O) groups is 1. The van der Waals surface area contributed by atoms with Gasteiger partial charge in [-0.15, -0.1) is 0 Å². The third kappa shape index (κ3) is 10.5. The van der Waals surface area contributed by atoms with Crippen LogP contribution in [0.1, 0.15) is 113 Å². The Morgan fingerprint density at radius 1 is 0.853 bits per heavy atom. The lowest BCUT2D eigenvalue weighted by Crippen LogP contribution is -2.27. The summed E-state index contributed by atoms with van der Waals surface area (Å²) in [5.41, 5.74) is 0.241. The molecular formula is C27H47O6P.